The number of hydrogen-bond acceptors (Lipinski definition) is 1. The summed E-state index contributed by atoms with van der Waals surface area (Å²) in [5.41, 5.74) is 12.9. The Morgan fingerprint density at radius 1 is 0.327 bits per heavy atom. The van der Waals surface area contributed by atoms with Gasteiger partial charge in [0.15, 0.2) is 0 Å². The largest absolute Gasteiger partial charge is 0.309 e. The summed E-state index contributed by atoms with van der Waals surface area (Å²) in [5.74, 6) is 0. The molecule has 1 nitrogen and oxygen atoms in total. The van der Waals surface area contributed by atoms with Gasteiger partial charge < -0.3 is 4.90 Å². The summed E-state index contributed by atoms with van der Waals surface area (Å²) in [5, 5.41) is 4.93. The van der Waals surface area contributed by atoms with E-state index in [1.165, 1.54) is 66.1 Å². The Labute approximate surface area is 304 Å². The second kappa shape index (κ2) is 12.3. The van der Waals surface area contributed by atoms with E-state index in [2.05, 4.69) is 217 Å². The first kappa shape index (κ1) is 30.2. The van der Waals surface area contributed by atoms with Crippen molar-refractivity contribution in [1.82, 2.24) is 0 Å². The van der Waals surface area contributed by atoms with Crippen LogP contribution in [0, 0.1) is 0 Å². The Balaban J connectivity index is 1.36. The predicted octanol–water partition coefficient (Wildman–Crippen LogP) is 13.5. The zero-order chi connectivity index (χ0) is 34.5. The van der Waals surface area contributed by atoms with Crippen LogP contribution in [0.2, 0.25) is 0 Å². The van der Waals surface area contributed by atoms with E-state index in [-0.39, 0.29) is 0 Å². The van der Waals surface area contributed by atoms with E-state index in [0.29, 0.717) is 0 Å². The third-order valence-electron chi connectivity index (χ3n) is 10.9. The Bertz CT molecular complexity index is 2690. The molecule has 0 aromatic heterocycles. The van der Waals surface area contributed by atoms with Crippen molar-refractivity contribution in [3.63, 3.8) is 0 Å². The van der Waals surface area contributed by atoms with Gasteiger partial charge in [0.05, 0.1) is 22.5 Å². The quantitative estimate of drug-likeness (QED) is 0.160. The average molecular weight is 662 g/mol. The second-order valence-corrected chi connectivity index (χ2v) is 13.6. The Morgan fingerprint density at radius 3 is 1.58 bits per heavy atom. The molecule has 0 amide bonds. The highest BCUT2D eigenvalue weighted by atomic mass is 15.1. The first-order valence-corrected chi connectivity index (χ1v) is 18.0. The van der Waals surface area contributed by atoms with E-state index in [9.17, 15) is 0 Å². The molecule has 0 radical (unpaired) electrons. The fourth-order valence-electron chi connectivity index (χ4n) is 8.80. The fraction of sp³-hybridized carbons (Fsp3) is 0.0196. The van der Waals surface area contributed by atoms with Gasteiger partial charge in [-0.25, -0.2) is 0 Å². The number of nitrogens with zero attached hydrogens (tertiary/aromatic N) is 1. The summed E-state index contributed by atoms with van der Waals surface area (Å²) in [4.78, 5) is 2.54. The van der Waals surface area contributed by atoms with E-state index in [1.54, 1.807) is 0 Å². The molecule has 9 aromatic carbocycles. The highest BCUT2D eigenvalue weighted by molar-refractivity contribution is 6.15. The van der Waals surface area contributed by atoms with Crippen molar-refractivity contribution in [2.24, 2.45) is 0 Å². The van der Waals surface area contributed by atoms with Gasteiger partial charge in [0.2, 0.25) is 0 Å². The van der Waals surface area contributed by atoms with Gasteiger partial charge >= 0.3 is 0 Å². The molecule has 0 unspecified atom stereocenters. The van der Waals surface area contributed by atoms with Gasteiger partial charge in [-0.2, -0.15) is 0 Å². The Kier molecular flexibility index (Phi) is 7.11. The minimum absolute atomic E-state index is 0.499. The van der Waals surface area contributed by atoms with Crippen molar-refractivity contribution >= 4 is 38.6 Å². The van der Waals surface area contributed by atoms with E-state index in [0.717, 1.165) is 17.1 Å². The monoisotopic (exact) mass is 661 g/mol. The minimum Gasteiger partial charge on any atom is -0.309 e. The number of rotatable bonds is 6. The van der Waals surface area contributed by atoms with Crippen LogP contribution in [-0.4, -0.2) is 0 Å². The van der Waals surface area contributed by atoms with Gasteiger partial charge in [-0.15, -0.1) is 0 Å². The molecule has 0 saturated carbocycles. The molecule has 0 aliphatic heterocycles. The number of fused-ring (bicyclic) bond motifs is 6. The van der Waals surface area contributed by atoms with E-state index in [4.69, 9.17) is 0 Å². The molecule has 0 fully saturated rings. The van der Waals surface area contributed by atoms with Crippen molar-refractivity contribution < 1.29 is 0 Å². The smallest absolute Gasteiger partial charge is 0.0714 e. The molecule has 1 aliphatic rings. The molecule has 0 bridgehead atoms. The summed E-state index contributed by atoms with van der Waals surface area (Å²) in [6.45, 7) is 0. The van der Waals surface area contributed by atoms with Crippen LogP contribution in [0.4, 0.5) is 17.1 Å². The lowest BCUT2D eigenvalue weighted by atomic mass is 9.68. The molecule has 1 aliphatic carbocycles. The van der Waals surface area contributed by atoms with Crippen LogP contribution >= 0.6 is 0 Å². The number of anilines is 3. The maximum Gasteiger partial charge on any atom is 0.0714 e. The third kappa shape index (κ3) is 4.49. The molecule has 9 aromatic rings. The topological polar surface area (TPSA) is 3.24 Å². The van der Waals surface area contributed by atoms with Gasteiger partial charge in [0, 0.05) is 16.5 Å². The van der Waals surface area contributed by atoms with Crippen molar-refractivity contribution in [1.29, 1.82) is 0 Å². The molecule has 0 N–H and O–H groups in total. The van der Waals surface area contributed by atoms with Gasteiger partial charge in [-0.05, 0) is 67.7 Å². The van der Waals surface area contributed by atoms with Crippen LogP contribution < -0.4 is 4.90 Å². The number of para-hydroxylation sites is 1. The highest BCUT2D eigenvalue weighted by Gasteiger charge is 2.47. The summed E-state index contributed by atoms with van der Waals surface area (Å²) < 4.78 is 0. The zero-order valence-electron chi connectivity index (χ0n) is 28.7. The molecule has 0 atom stereocenters. The second-order valence-electron chi connectivity index (χ2n) is 13.6. The molecule has 0 spiro atoms. The molecular weight excluding hydrogens is 627 g/mol. The lowest BCUT2D eigenvalue weighted by Gasteiger charge is -2.35. The number of benzene rings is 9. The highest BCUT2D eigenvalue weighted by Crippen LogP contribution is 2.60. The summed E-state index contributed by atoms with van der Waals surface area (Å²) in [7, 11) is 0. The minimum atomic E-state index is -0.499. The molecule has 1 heteroatoms. The molecule has 52 heavy (non-hydrogen) atoms. The lowest BCUT2D eigenvalue weighted by molar-refractivity contribution is 0.768. The van der Waals surface area contributed by atoms with Crippen molar-refractivity contribution in [2.75, 3.05) is 4.90 Å². The SMILES string of the molecule is c1ccc(-c2ccccc2N(c2cccc3c2-c2ccccc2C3(c2ccccc2)c2ccccc2)c2cc3ccccc3c3ccccc23)cc1. The molecule has 244 valence electrons. The summed E-state index contributed by atoms with van der Waals surface area (Å²) in [6, 6.07) is 77.8. The summed E-state index contributed by atoms with van der Waals surface area (Å²) >= 11 is 0. The average Bonchev–Trinajstić information content (AvgIpc) is 3.54. The Morgan fingerprint density at radius 2 is 0.846 bits per heavy atom. The molecule has 10 rings (SSSR count). The molecule has 0 heterocycles. The van der Waals surface area contributed by atoms with Gasteiger partial charge in [0.1, 0.15) is 0 Å². The maximum atomic E-state index is 2.54. The van der Waals surface area contributed by atoms with Gasteiger partial charge in [-0.1, -0.05) is 194 Å². The maximum absolute atomic E-state index is 2.54. The van der Waals surface area contributed by atoms with Crippen molar-refractivity contribution in [3.8, 4) is 22.3 Å². The van der Waals surface area contributed by atoms with E-state index >= 15 is 0 Å². The van der Waals surface area contributed by atoms with Crippen molar-refractivity contribution in [2.45, 2.75) is 5.41 Å². The standard InChI is InChI=1S/C51H35N/c1-4-19-36(20-5-1)41-27-15-17-33-47(41)52(49-35-37-21-10-11-26-40(37)42-28-12-13-29-43(42)49)48-34-18-32-46-50(48)44-30-14-16-31-45(44)51(46,38-22-6-2-7-23-38)39-24-8-3-9-25-39/h1-35H. The van der Waals surface area contributed by atoms with Crippen LogP contribution in [0.5, 0.6) is 0 Å². The van der Waals surface area contributed by atoms with Gasteiger partial charge in [0.25, 0.3) is 0 Å². The van der Waals surface area contributed by atoms with Crippen LogP contribution in [0.1, 0.15) is 22.3 Å². The van der Waals surface area contributed by atoms with E-state index < -0.39 is 5.41 Å². The Hall–Kier alpha value is -6.70. The third-order valence-corrected chi connectivity index (χ3v) is 10.9. The lowest BCUT2D eigenvalue weighted by Crippen LogP contribution is -2.28. The van der Waals surface area contributed by atoms with E-state index in [1.807, 2.05) is 0 Å². The van der Waals surface area contributed by atoms with Crippen LogP contribution in [0.15, 0.2) is 212 Å². The van der Waals surface area contributed by atoms with Gasteiger partial charge in [-0.3, -0.25) is 0 Å². The van der Waals surface area contributed by atoms with Crippen LogP contribution in [0.3, 0.4) is 0 Å². The zero-order valence-corrected chi connectivity index (χ0v) is 28.7. The normalized spacial score (nSPS) is 12.8. The first-order chi connectivity index (χ1) is 25.8. The first-order valence-electron chi connectivity index (χ1n) is 18.0. The fourth-order valence-corrected chi connectivity index (χ4v) is 8.80. The summed E-state index contributed by atoms with van der Waals surface area (Å²) in [6.07, 6.45) is 0. The van der Waals surface area contributed by atoms with Crippen LogP contribution in [0.25, 0.3) is 43.8 Å². The number of hydrogen-bond donors (Lipinski definition) is 0. The van der Waals surface area contributed by atoms with Crippen LogP contribution in [-0.2, 0) is 5.41 Å². The predicted molar refractivity (Wildman–Crippen MR) is 219 cm³/mol. The molecule has 0 saturated heterocycles. The van der Waals surface area contributed by atoms with Crippen molar-refractivity contribution in [3.05, 3.63) is 235 Å². The molecular formula is C51H35N.